The fourth-order valence-corrected chi connectivity index (χ4v) is 2.84. The van der Waals surface area contributed by atoms with E-state index in [1.165, 1.54) is 0 Å². The van der Waals surface area contributed by atoms with Gasteiger partial charge in [-0.2, -0.15) is 5.10 Å². The van der Waals surface area contributed by atoms with E-state index in [1.807, 2.05) is 55.7 Å². The van der Waals surface area contributed by atoms with E-state index in [1.54, 1.807) is 23.1 Å². The normalized spacial score (nSPS) is 10.8. The number of fused-ring (bicyclic) bond motifs is 1. The zero-order valence-electron chi connectivity index (χ0n) is 14.3. The Morgan fingerprint density at radius 1 is 1.12 bits per heavy atom. The highest BCUT2D eigenvalue weighted by Gasteiger charge is 2.12. The number of hydrogen-bond donors (Lipinski definition) is 1. The molecule has 0 saturated carbocycles. The topological polar surface area (TPSA) is 72.7 Å². The highest BCUT2D eigenvalue weighted by Crippen LogP contribution is 2.20. The Labute approximate surface area is 150 Å². The molecule has 6 nitrogen and oxygen atoms in total. The molecule has 0 aliphatic rings. The number of hydrogen-bond acceptors (Lipinski definition) is 4. The van der Waals surface area contributed by atoms with Crippen LogP contribution in [0.4, 0.5) is 0 Å². The Morgan fingerprint density at radius 3 is 2.85 bits per heavy atom. The van der Waals surface area contributed by atoms with Gasteiger partial charge >= 0.3 is 0 Å². The van der Waals surface area contributed by atoms with Crippen LogP contribution in [0.5, 0.6) is 0 Å². The van der Waals surface area contributed by atoms with E-state index >= 15 is 0 Å². The third kappa shape index (κ3) is 3.17. The standard InChI is InChI=1S/C20H17N5O/c1-25-13-16(12-23-25)19-15(6-4-10-21-19)11-22-20(26)18-9-8-14-5-2-3-7-17(14)24-18/h2-10,12-13H,11H2,1H3,(H,22,26). The molecule has 128 valence electrons. The first-order valence-electron chi connectivity index (χ1n) is 8.27. The summed E-state index contributed by atoms with van der Waals surface area (Å²) in [6.45, 7) is 0.366. The number of rotatable bonds is 4. The monoisotopic (exact) mass is 343 g/mol. The molecule has 6 heteroatoms. The van der Waals surface area contributed by atoms with Gasteiger partial charge in [0.1, 0.15) is 5.69 Å². The van der Waals surface area contributed by atoms with Crippen molar-refractivity contribution in [1.29, 1.82) is 0 Å². The zero-order chi connectivity index (χ0) is 17.9. The van der Waals surface area contributed by atoms with Crippen LogP contribution in [0, 0.1) is 0 Å². The van der Waals surface area contributed by atoms with Gasteiger partial charge in [-0.1, -0.05) is 30.3 Å². The Kier molecular flexibility index (Phi) is 4.15. The second-order valence-corrected chi connectivity index (χ2v) is 5.99. The van der Waals surface area contributed by atoms with E-state index in [9.17, 15) is 4.79 Å². The minimum atomic E-state index is -0.211. The number of pyridine rings is 2. The molecule has 4 rings (SSSR count). The summed E-state index contributed by atoms with van der Waals surface area (Å²) in [4.78, 5) is 21.4. The maximum atomic E-state index is 12.5. The number of para-hydroxylation sites is 1. The number of nitrogens with zero attached hydrogens (tertiary/aromatic N) is 4. The maximum Gasteiger partial charge on any atom is 0.270 e. The van der Waals surface area contributed by atoms with Crippen LogP contribution in [-0.4, -0.2) is 25.7 Å². The van der Waals surface area contributed by atoms with Crippen LogP contribution in [0.2, 0.25) is 0 Å². The predicted octanol–water partition coefficient (Wildman–Crippen LogP) is 2.96. The molecule has 4 aromatic rings. The van der Waals surface area contributed by atoms with E-state index in [0.717, 1.165) is 27.7 Å². The van der Waals surface area contributed by atoms with Crippen molar-refractivity contribution in [3.8, 4) is 11.3 Å². The molecular weight excluding hydrogens is 326 g/mol. The number of carbonyl (C=O) groups excluding carboxylic acids is 1. The van der Waals surface area contributed by atoms with Gasteiger partial charge in [-0.05, 0) is 23.8 Å². The number of aromatic nitrogens is 4. The summed E-state index contributed by atoms with van der Waals surface area (Å²) in [6, 6.07) is 15.2. The third-order valence-electron chi connectivity index (χ3n) is 4.14. The van der Waals surface area contributed by atoms with E-state index in [-0.39, 0.29) is 5.91 Å². The van der Waals surface area contributed by atoms with Crippen molar-refractivity contribution in [2.75, 3.05) is 0 Å². The van der Waals surface area contributed by atoms with Crippen LogP contribution in [0.15, 0.2) is 67.1 Å². The highest BCUT2D eigenvalue weighted by atomic mass is 16.1. The number of amides is 1. The van der Waals surface area contributed by atoms with Crippen molar-refractivity contribution < 1.29 is 4.79 Å². The van der Waals surface area contributed by atoms with Crippen LogP contribution in [0.25, 0.3) is 22.2 Å². The van der Waals surface area contributed by atoms with Crippen LogP contribution in [-0.2, 0) is 13.6 Å². The van der Waals surface area contributed by atoms with Crippen molar-refractivity contribution in [2.45, 2.75) is 6.54 Å². The molecule has 0 aliphatic carbocycles. The molecule has 0 fully saturated rings. The van der Waals surface area contributed by atoms with Gasteiger partial charge < -0.3 is 5.32 Å². The minimum Gasteiger partial charge on any atom is -0.347 e. The number of nitrogens with one attached hydrogen (secondary N) is 1. The lowest BCUT2D eigenvalue weighted by Gasteiger charge is -2.09. The second kappa shape index (κ2) is 6.76. The molecule has 3 heterocycles. The second-order valence-electron chi connectivity index (χ2n) is 5.99. The van der Waals surface area contributed by atoms with Gasteiger partial charge in [0.2, 0.25) is 0 Å². The van der Waals surface area contributed by atoms with Gasteiger partial charge in [0.15, 0.2) is 0 Å². The summed E-state index contributed by atoms with van der Waals surface area (Å²) >= 11 is 0. The van der Waals surface area contributed by atoms with Gasteiger partial charge in [0.25, 0.3) is 5.91 Å². The van der Waals surface area contributed by atoms with Crippen LogP contribution < -0.4 is 5.32 Å². The highest BCUT2D eigenvalue weighted by molar-refractivity contribution is 5.94. The average Bonchev–Trinajstić information content (AvgIpc) is 3.12. The summed E-state index contributed by atoms with van der Waals surface area (Å²) in [5, 5.41) is 8.12. The lowest BCUT2D eigenvalue weighted by Crippen LogP contribution is -2.24. The van der Waals surface area contributed by atoms with Crippen molar-refractivity contribution in [3.05, 3.63) is 78.4 Å². The number of carbonyl (C=O) groups is 1. The molecule has 0 bridgehead atoms. The third-order valence-corrected chi connectivity index (χ3v) is 4.14. The first-order chi connectivity index (χ1) is 12.7. The Balaban J connectivity index is 1.54. The predicted molar refractivity (Wildman–Crippen MR) is 99.4 cm³/mol. The molecule has 1 aromatic carbocycles. The number of aryl methyl sites for hydroxylation is 1. The molecule has 0 spiro atoms. The molecule has 1 amide bonds. The summed E-state index contributed by atoms with van der Waals surface area (Å²) in [5.74, 6) is -0.211. The van der Waals surface area contributed by atoms with E-state index in [2.05, 4.69) is 20.4 Å². The molecule has 0 aliphatic heterocycles. The van der Waals surface area contributed by atoms with Gasteiger partial charge in [0.05, 0.1) is 17.4 Å². The summed E-state index contributed by atoms with van der Waals surface area (Å²) in [6.07, 6.45) is 5.40. The van der Waals surface area contributed by atoms with Crippen LogP contribution in [0.1, 0.15) is 16.1 Å². The van der Waals surface area contributed by atoms with E-state index < -0.39 is 0 Å². The minimum absolute atomic E-state index is 0.211. The summed E-state index contributed by atoms with van der Waals surface area (Å²) in [7, 11) is 1.86. The maximum absolute atomic E-state index is 12.5. The summed E-state index contributed by atoms with van der Waals surface area (Å²) < 4.78 is 1.73. The van der Waals surface area contributed by atoms with E-state index in [4.69, 9.17) is 0 Å². The number of benzene rings is 1. The lowest BCUT2D eigenvalue weighted by molar-refractivity contribution is 0.0946. The molecule has 1 N–H and O–H groups in total. The van der Waals surface area contributed by atoms with Gasteiger partial charge in [-0.25, -0.2) is 4.98 Å². The quantitative estimate of drug-likeness (QED) is 0.618. The van der Waals surface area contributed by atoms with Gasteiger partial charge in [0, 0.05) is 36.9 Å². The van der Waals surface area contributed by atoms with Gasteiger partial charge in [-0.15, -0.1) is 0 Å². The van der Waals surface area contributed by atoms with Crippen molar-refractivity contribution in [1.82, 2.24) is 25.1 Å². The van der Waals surface area contributed by atoms with Crippen molar-refractivity contribution in [2.24, 2.45) is 7.05 Å². The first kappa shape index (κ1) is 16.0. The fraction of sp³-hybridized carbons (Fsp3) is 0.100. The van der Waals surface area contributed by atoms with Crippen LogP contribution in [0.3, 0.4) is 0 Å². The average molecular weight is 343 g/mol. The Morgan fingerprint density at radius 2 is 2.00 bits per heavy atom. The molecule has 26 heavy (non-hydrogen) atoms. The molecule has 0 unspecified atom stereocenters. The molecule has 0 saturated heterocycles. The Bertz CT molecular complexity index is 1090. The zero-order valence-corrected chi connectivity index (χ0v) is 14.3. The molecule has 0 atom stereocenters. The lowest BCUT2D eigenvalue weighted by atomic mass is 10.1. The van der Waals surface area contributed by atoms with Crippen molar-refractivity contribution >= 4 is 16.8 Å². The van der Waals surface area contributed by atoms with Crippen molar-refractivity contribution in [3.63, 3.8) is 0 Å². The fourth-order valence-electron chi connectivity index (χ4n) is 2.84. The first-order valence-corrected chi connectivity index (χ1v) is 8.27. The van der Waals surface area contributed by atoms with Crippen LogP contribution >= 0.6 is 0 Å². The Hall–Kier alpha value is -3.54. The SMILES string of the molecule is Cn1cc(-c2ncccc2CNC(=O)c2ccc3ccccc3n2)cn1. The molecule has 0 radical (unpaired) electrons. The molecule has 3 aromatic heterocycles. The van der Waals surface area contributed by atoms with E-state index in [0.29, 0.717) is 12.2 Å². The molecular formula is C20H17N5O. The smallest absolute Gasteiger partial charge is 0.270 e. The van der Waals surface area contributed by atoms with Gasteiger partial charge in [-0.3, -0.25) is 14.5 Å². The largest absolute Gasteiger partial charge is 0.347 e. The summed E-state index contributed by atoms with van der Waals surface area (Å²) in [5.41, 5.74) is 3.86.